The Balaban J connectivity index is 2.58. The lowest BCUT2D eigenvalue weighted by molar-refractivity contribution is 0.266. The largest absolute Gasteiger partial charge is 0.497 e. The Labute approximate surface area is 96.4 Å². The first kappa shape index (κ1) is 12.6. The van der Waals surface area contributed by atoms with Crippen molar-refractivity contribution in [2.45, 2.75) is 13.3 Å². The second kappa shape index (κ2) is 6.23. The van der Waals surface area contributed by atoms with Crippen LogP contribution in [0.3, 0.4) is 0 Å². The van der Waals surface area contributed by atoms with Crippen LogP contribution in [0, 0.1) is 5.92 Å². The number of benzene rings is 1. The Morgan fingerprint density at radius 3 is 2.88 bits per heavy atom. The molecule has 0 aliphatic carbocycles. The average molecular weight is 224 g/mol. The van der Waals surface area contributed by atoms with E-state index in [0.29, 0.717) is 11.6 Å². The SMILES string of the molecule is COc1ccc(N)c(NCC(C)CCO)c1. The summed E-state index contributed by atoms with van der Waals surface area (Å²) >= 11 is 0. The van der Waals surface area contributed by atoms with Gasteiger partial charge in [0, 0.05) is 19.2 Å². The van der Waals surface area contributed by atoms with E-state index < -0.39 is 0 Å². The summed E-state index contributed by atoms with van der Waals surface area (Å²) in [6.45, 7) is 3.09. The van der Waals surface area contributed by atoms with Crippen molar-refractivity contribution < 1.29 is 9.84 Å². The number of anilines is 2. The molecule has 0 aliphatic rings. The van der Waals surface area contributed by atoms with Gasteiger partial charge in [0.25, 0.3) is 0 Å². The van der Waals surface area contributed by atoms with E-state index >= 15 is 0 Å². The van der Waals surface area contributed by atoms with Crippen LogP contribution in [0.1, 0.15) is 13.3 Å². The molecule has 4 N–H and O–H groups in total. The van der Waals surface area contributed by atoms with Gasteiger partial charge in [-0.3, -0.25) is 0 Å². The Hall–Kier alpha value is -1.42. The number of hydrogen-bond acceptors (Lipinski definition) is 4. The maximum atomic E-state index is 8.80. The van der Waals surface area contributed by atoms with Gasteiger partial charge < -0.3 is 20.9 Å². The summed E-state index contributed by atoms with van der Waals surface area (Å²) in [7, 11) is 1.63. The van der Waals surface area contributed by atoms with Gasteiger partial charge in [-0.05, 0) is 24.5 Å². The minimum absolute atomic E-state index is 0.219. The Morgan fingerprint density at radius 2 is 2.25 bits per heavy atom. The lowest BCUT2D eigenvalue weighted by atomic mass is 10.1. The highest BCUT2D eigenvalue weighted by atomic mass is 16.5. The summed E-state index contributed by atoms with van der Waals surface area (Å²) in [6, 6.07) is 5.52. The van der Waals surface area contributed by atoms with Gasteiger partial charge in [0.15, 0.2) is 0 Å². The molecule has 0 amide bonds. The smallest absolute Gasteiger partial charge is 0.121 e. The number of nitrogens with one attached hydrogen (secondary N) is 1. The second-order valence-electron chi connectivity index (χ2n) is 3.95. The standard InChI is InChI=1S/C12H20N2O2/c1-9(5-6-15)8-14-12-7-10(16-2)3-4-11(12)13/h3-4,7,9,14-15H,5-6,8,13H2,1-2H3. The molecule has 0 aliphatic heterocycles. The van der Waals surface area contributed by atoms with Crippen molar-refractivity contribution in [1.29, 1.82) is 0 Å². The van der Waals surface area contributed by atoms with E-state index in [1.165, 1.54) is 0 Å². The maximum absolute atomic E-state index is 8.80. The molecule has 0 bridgehead atoms. The van der Waals surface area contributed by atoms with Gasteiger partial charge in [0.2, 0.25) is 0 Å². The fraction of sp³-hybridized carbons (Fsp3) is 0.500. The Bertz CT molecular complexity index is 329. The lowest BCUT2D eigenvalue weighted by Gasteiger charge is -2.14. The number of aliphatic hydroxyl groups excluding tert-OH is 1. The fourth-order valence-corrected chi connectivity index (χ4v) is 1.42. The van der Waals surface area contributed by atoms with Gasteiger partial charge in [-0.2, -0.15) is 0 Å². The summed E-state index contributed by atoms with van der Waals surface area (Å²) in [5, 5.41) is 12.1. The van der Waals surface area contributed by atoms with Gasteiger partial charge in [-0.1, -0.05) is 6.92 Å². The van der Waals surface area contributed by atoms with Crippen molar-refractivity contribution in [3.05, 3.63) is 18.2 Å². The van der Waals surface area contributed by atoms with Gasteiger partial charge in [0.1, 0.15) is 5.75 Å². The van der Waals surface area contributed by atoms with Gasteiger partial charge >= 0.3 is 0 Å². The molecule has 0 heterocycles. The van der Waals surface area contributed by atoms with Crippen molar-refractivity contribution in [1.82, 2.24) is 0 Å². The van der Waals surface area contributed by atoms with E-state index in [2.05, 4.69) is 12.2 Å². The lowest BCUT2D eigenvalue weighted by Crippen LogP contribution is -2.13. The van der Waals surface area contributed by atoms with Gasteiger partial charge in [-0.15, -0.1) is 0 Å². The number of nitrogens with two attached hydrogens (primary N) is 1. The quantitative estimate of drug-likeness (QED) is 0.643. The van der Waals surface area contributed by atoms with E-state index in [9.17, 15) is 0 Å². The maximum Gasteiger partial charge on any atom is 0.121 e. The van der Waals surface area contributed by atoms with Crippen LogP contribution < -0.4 is 15.8 Å². The van der Waals surface area contributed by atoms with Crippen LogP contribution >= 0.6 is 0 Å². The zero-order valence-corrected chi connectivity index (χ0v) is 9.86. The first-order valence-corrected chi connectivity index (χ1v) is 5.45. The van der Waals surface area contributed by atoms with Crippen molar-refractivity contribution in [3.63, 3.8) is 0 Å². The normalized spacial score (nSPS) is 12.2. The monoisotopic (exact) mass is 224 g/mol. The average Bonchev–Trinajstić information content (AvgIpc) is 2.28. The van der Waals surface area contributed by atoms with Gasteiger partial charge in [-0.25, -0.2) is 0 Å². The van der Waals surface area contributed by atoms with E-state index in [0.717, 1.165) is 24.4 Å². The van der Waals surface area contributed by atoms with Crippen LogP contribution in [-0.2, 0) is 0 Å². The molecular formula is C12H20N2O2. The minimum Gasteiger partial charge on any atom is -0.497 e. The van der Waals surface area contributed by atoms with Crippen LogP contribution in [0.15, 0.2) is 18.2 Å². The molecular weight excluding hydrogens is 204 g/mol. The molecule has 0 saturated carbocycles. The third kappa shape index (κ3) is 3.62. The highest BCUT2D eigenvalue weighted by Gasteiger charge is 2.04. The minimum atomic E-state index is 0.219. The highest BCUT2D eigenvalue weighted by molar-refractivity contribution is 5.68. The van der Waals surface area contributed by atoms with E-state index in [1.54, 1.807) is 7.11 Å². The first-order chi connectivity index (χ1) is 7.67. The third-order valence-electron chi connectivity index (χ3n) is 2.52. The number of hydrogen-bond donors (Lipinski definition) is 3. The van der Waals surface area contributed by atoms with E-state index in [1.807, 2.05) is 18.2 Å². The van der Waals surface area contributed by atoms with Crippen molar-refractivity contribution in [3.8, 4) is 5.75 Å². The molecule has 0 saturated heterocycles. The van der Waals surface area contributed by atoms with Crippen LogP contribution in [-0.4, -0.2) is 25.4 Å². The number of aliphatic hydroxyl groups is 1. The summed E-state index contributed by atoms with van der Waals surface area (Å²) in [4.78, 5) is 0. The predicted molar refractivity (Wildman–Crippen MR) is 66.8 cm³/mol. The zero-order chi connectivity index (χ0) is 12.0. The zero-order valence-electron chi connectivity index (χ0n) is 9.86. The summed E-state index contributed by atoms with van der Waals surface area (Å²) in [6.07, 6.45) is 0.789. The molecule has 90 valence electrons. The number of nitrogen functional groups attached to an aromatic ring is 1. The van der Waals surface area contributed by atoms with E-state index in [4.69, 9.17) is 15.6 Å². The first-order valence-electron chi connectivity index (χ1n) is 5.45. The van der Waals surface area contributed by atoms with Gasteiger partial charge in [0.05, 0.1) is 18.5 Å². The number of rotatable bonds is 6. The molecule has 16 heavy (non-hydrogen) atoms. The van der Waals surface area contributed by atoms with Crippen LogP contribution in [0.25, 0.3) is 0 Å². The fourth-order valence-electron chi connectivity index (χ4n) is 1.42. The molecule has 0 aromatic heterocycles. The second-order valence-corrected chi connectivity index (χ2v) is 3.95. The van der Waals surface area contributed by atoms with Crippen molar-refractivity contribution in [2.75, 3.05) is 31.3 Å². The third-order valence-corrected chi connectivity index (χ3v) is 2.52. The number of methoxy groups -OCH3 is 1. The highest BCUT2D eigenvalue weighted by Crippen LogP contribution is 2.24. The molecule has 1 rings (SSSR count). The van der Waals surface area contributed by atoms with Crippen molar-refractivity contribution >= 4 is 11.4 Å². The molecule has 4 heteroatoms. The summed E-state index contributed by atoms with van der Waals surface area (Å²) in [5.74, 6) is 1.20. The predicted octanol–water partition coefficient (Wildman–Crippen LogP) is 1.71. The molecule has 4 nitrogen and oxygen atoms in total. The molecule has 1 aromatic rings. The Morgan fingerprint density at radius 1 is 1.50 bits per heavy atom. The molecule has 1 aromatic carbocycles. The Kier molecular flexibility index (Phi) is 4.92. The molecule has 0 spiro atoms. The molecule has 0 radical (unpaired) electrons. The molecule has 0 fully saturated rings. The van der Waals surface area contributed by atoms with Crippen LogP contribution in [0.5, 0.6) is 5.75 Å². The van der Waals surface area contributed by atoms with Crippen LogP contribution in [0.2, 0.25) is 0 Å². The van der Waals surface area contributed by atoms with E-state index in [-0.39, 0.29) is 6.61 Å². The van der Waals surface area contributed by atoms with Crippen LogP contribution in [0.4, 0.5) is 11.4 Å². The summed E-state index contributed by atoms with van der Waals surface area (Å²) in [5.41, 5.74) is 7.42. The topological polar surface area (TPSA) is 67.5 Å². The molecule has 1 unspecified atom stereocenters. The van der Waals surface area contributed by atoms with Crippen molar-refractivity contribution in [2.24, 2.45) is 5.92 Å². The summed E-state index contributed by atoms with van der Waals surface area (Å²) < 4.78 is 5.13. The number of ether oxygens (including phenoxy) is 1. The molecule has 1 atom stereocenters.